The van der Waals surface area contributed by atoms with Crippen molar-refractivity contribution in [1.82, 2.24) is 4.90 Å². The minimum absolute atomic E-state index is 0.0472. The summed E-state index contributed by atoms with van der Waals surface area (Å²) in [5, 5.41) is 1.88. The third-order valence-electron chi connectivity index (χ3n) is 5.41. The smallest absolute Gasteiger partial charge is 0.261 e. The van der Waals surface area contributed by atoms with Crippen LogP contribution >= 0.6 is 11.8 Å². The van der Waals surface area contributed by atoms with Crippen molar-refractivity contribution >= 4 is 45.0 Å². The van der Waals surface area contributed by atoms with Crippen molar-refractivity contribution in [3.63, 3.8) is 0 Å². The topological polar surface area (TPSA) is 95.6 Å². The third kappa shape index (κ3) is 4.88. The number of fused-ring (bicyclic) bond motifs is 1. The normalized spacial score (nSPS) is 19.2. The standard InChI is InChI=1S/C22H25N3O4S2/c1-15-7-6-8-16(13-15)24-31(28,29)17-9-10-19-18(14-17)23-21(26)20(30-19)22(27)25-11-4-2-3-5-12-25/h6-10,13-14,20,24H,2-5,11-12H2,1H3,(H,23,26)/t20-/m0/s1. The number of nitrogens with zero attached hydrogens (tertiary/aromatic N) is 1. The second kappa shape index (κ2) is 8.92. The summed E-state index contributed by atoms with van der Waals surface area (Å²) in [7, 11) is -3.82. The van der Waals surface area contributed by atoms with E-state index in [2.05, 4.69) is 10.0 Å². The van der Waals surface area contributed by atoms with Crippen molar-refractivity contribution in [2.45, 2.75) is 47.6 Å². The Hall–Kier alpha value is -2.52. The van der Waals surface area contributed by atoms with Crippen LogP contribution in [-0.2, 0) is 19.6 Å². The van der Waals surface area contributed by atoms with Crippen LogP contribution in [0.2, 0.25) is 0 Å². The maximum Gasteiger partial charge on any atom is 0.261 e. The zero-order valence-corrected chi connectivity index (χ0v) is 18.9. The summed E-state index contributed by atoms with van der Waals surface area (Å²) in [5.41, 5.74) is 1.82. The van der Waals surface area contributed by atoms with Crippen LogP contribution in [0, 0.1) is 6.92 Å². The molecule has 2 aromatic rings. The number of amides is 2. The zero-order chi connectivity index (χ0) is 22.0. The van der Waals surface area contributed by atoms with Crippen LogP contribution in [0.15, 0.2) is 52.3 Å². The highest BCUT2D eigenvalue weighted by atomic mass is 32.2. The molecule has 0 aromatic heterocycles. The molecule has 9 heteroatoms. The third-order valence-corrected chi connectivity index (χ3v) is 8.05. The lowest BCUT2D eigenvalue weighted by Gasteiger charge is -2.28. The summed E-state index contributed by atoms with van der Waals surface area (Å²) in [5.74, 6) is -0.583. The summed E-state index contributed by atoms with van der Waals surface area (Å²) in [6.07, 6.45) is 4.11. The van der Waals surface area contributed by atoms with Gasteiger partial charge in [0, 0.05) is 23.7 Å². The fraction of sp³-hybridized carbons (Fsp3) is 0.364. The second-order valence-corrected chi connectivity index (χ2v) is 10.7. The molecule has 2 aliphatic heterocycles. The molecule has 4 rings (SSSR count). The van der Waals surface area contributed by atoms with Crippen LogP contribution in [0.5, 0.6) is 0 Å². The van der Waals surface area contributed by atoms with Crippen LogP contribution < -0.4 is 10.0 Å². The van der Waals surface area contributed by atoms with Gasteiger partial charge in [-0.1, -0.05) is 25.0 Å². The summed E-state index contributed by atoms with van der Waals surface area (Å²) in [6.45, 7) is 3.24. The Balaban J connectivity index is 1.53. The summed E-state index contributed by atoms with van der Waals surface area (Å²) in [4.78, 5) is 28.1. The monoisotopic (exact) mass is 459 g/mol. The van der Waals surface area contributed by atoms with E-state index in [1.807, 2.05) is 13.0 Å². The van der Waals surface area contributed by atoms with Crippen LogP contribution in [-0.4, -0.2) is 43.5 Å². The fourth-order valence-corrected chi connectivity index (χ4v) is 5.93. The van der Waals surface area contributed by atoms with E-state index in [9.17, 15) is 18.0 Å². The highest BCUT2D eigenvalue weighted by molar-refractivity contribution is 8.01. The van der Waals surface area contributed by atoms with Gasteiger partial charge in [0.25, 0.3) is 10.0 Å². The van der Waals surface area contributed by atoms with E-state index in [-0.39, 0.29) is 10.8 Å². The average Bonchev–Trinajstić information content (AvgIpc) is 3.01. The van der Waals surface area contributed by atoms with Crippen molar-refractivity contribution in [2.24, 2.45) is 0 Å². The number of thioether (sulfide) groups is 1. The van der Waals surface area contributed by atoms with Crippen molar-refractivity contribution in [2.75, 3.05) is 23.1 Å². The number of rotatable bonds is 4. The Labute approximate surface area is 186 Å². The summed E-state index contributed by atoms with van der Waals surface area (Å²) in [6, 6.07) is 11.7. The van der Waals surface area contributed by atoms with Crippen molar-refractivity contribution < 1.29 is 18.0 Å². The molecule has 7 nitrogen and oxygen atoms in total. The molecule has 1 saturated heterocycles. The van der Waals surface area contributed by atoms with Gasteiger partial charge in [-0.15, -0.1) is 11.8 Å². The van der Waals surface area contributed by atoms with Gasteiger partial charge in [0.05, 0.1) is 10.6 Å². The Morgan fingerprint density at radius 2 is 1.84 bits per heavy atom. The lowest BCUT2D eigenvalue weighted by Crippen LogP contribution is -2.45. The van der Waals surface area contributed by atoms with Gasteiger partial charge in [-0.05, 0) is 55.7 Å². The first-order chi connectivity index (χ1) is 14.8. The van der Waals surface area contributed by atoms with E-state index >= 15 is 0 Å². The first-order valence-electron chi connectivity index (χ1n) is 10.3. The molecule has 164 valence electrons. The van der Waals surface area contributed by atoms with E-state index in [0.29, 0.717) is 29.4 Å². The number of hydrogen-bond donors (Lipinski definition) is 2. The Morgan fingerprint density at radius 1 is 1.10 bits per heavy atom. The molecule has 2 aliphatic rings. The molecular formula is C22H25N3O4S2. The summed E-state index contributed by atoms with van der Waals surface area (Å²) >= 11 is 1.18. The van der Waals surface area contributed by atoms with Gasteiger partial charge >= 0.3 is 0 Å². The van der Waals surface area contributed by atoms with E-state index in [4.69, 9.17) is 0 Å². The predicted molar refractivity (Wildman–Crippen MR) is 122 cm³/mol. The van der Waals surface area contributed by atoms with E-state index in [1.165, 1.54) is 23.9 Å². The number of sulfonamides is 1. The maximum atomic E-state index is 12.9. The van der Waals surface area contributed by atoms with Crippen molar-refractivity contribution in [1.29, 1.82) is 0 Å². The highest BCUT2D eigenvalue weighted by Crippen LogP contribution is 2.38. The largest absolute Gasteiger partial charge is 0.341 e. The number of nitrogens with one attached hydrogen (secondary N) is 2. The number of likely N-dealkylation sites (tertiary alicyclic amines) is 1. The van der Waals surface area contributed by atoms with Gasteiger partial charge in [-0.3, -0.25) is 14.3 Å². The Kier molecular flexibility index (Phi) is 6.24. The van der Waals surface area contributed by atoms with Gasteiger partial charge in [-0.25, -0.2) is 8.42 Å². The summed E-state index contributed by atoms with van der Waals surface area (Å²) < 4.78 is 28.2. The molecule has 0 bridgehead atoms. The van der Waals surface area contributed by atoms with E-state index in [1.54, 1.807) is 29.2 Å². The van der Waals surface area contributed by atoms with E-state index in [0.717, 1.165) is 31.2 Å². The molecule has 0 aliphatic carbocycles. The number of aryl methyl sites for hydroxylation is 1. The van der Waals surface area contributed by atoms with Gasteiger partial charge in [0.1, 0.15) is 0 Å². The zero-order valence-electron chi connectivity index (χ0n) is 17.3. The first-order valence-corrected chi connectivity index (χ1v) is 12.7. The molecule has 1 fully saturated rings. The minimum Gasteiger partial charge on any atom is -0.341 e. The number of anilines is 2. The molecule has 31 heavy (non-hydrogen) atoms. The Bertz CT molecular complexity index is 1110. The molecule has 2 N–H and O–H groups in total. The number of benzene rings is 2. The maximum absolute atomic E-state index is 12.9. The molecule has 0 spiro atoms. The lowest BCUT2D eigenvalue weighted by atomic mass is 10.2. The molecule has 1 atom stereocenters. The number of carbonyl (C=O) groups is 2. The van der Waals surface area contributed by atoms with Crippen LogP contribution in [0.1, 0.15) is 31.2 Å². The second-order valence-electron chi connectivity index (χ2n) is 7.86. The van der Waals surface area contributed by atoms with Gasteiger partial charge < -0.3 is 10.2 Å². The van der Waals surface area contributed by atoms with Gasteiger partial charge in [0.2, 0.25) is 11.8 Å². The molecule has 0 saturated carbocycles. The molecule has 2 heterocycles. The van der Waals surface area contributed by atoms with Gasteiger partial charge in [-0.2, -0.15) is 0 Å². The van der Waals surface area contributed by atoms with Crippen LogP contribution in [0.4, 0.5) is 11.4 Å². The predicted octanol–water partition coefficient (Wildman–Crippen LogP) is 3.61. The Morgan fingerprint density at radius 3 is 2.55 bits per heavy atom. The molecule has 0 unspecified atom stereocenters. The quantitative estimate of drug-likeness (QED) is 0.681. The molecule has 2 aromatic carbocycles. The number of hydrogen-bond acceptors (Lipinski definition) is 5. The molecule has 2 amide bonds. The molecular weight excluding hydrogens is 434 g/mol. The average molecular weight is 460 g/mol. The van der Waals surface area contributed by atoms with Crippen LogP contribution in [0.3, 0.4) is 0 Å². The number of carbonyl (C=O) groups excluding carboxylic acids is 2. The van der Waals surface area contributed by atoms with Crippen molar-refractivity contribution in [3.05, 3.63) is 48.0 Å². The first kappa shape index (κ1) is 21.7. The van der Waals surface area contributed by atoms with Crippen molar-refractivity contribution in [3.8, 4) is 0 Å². The van der Waals surface area contributed by atoms with Crippen LogP contribution in [0.25, 0.3) is 0 Å². The highest BCUT2D eigenvalue weighted by Gasteiger charge is 2.36. The minimum atomic E-state index is -3.82. The van der Waals surface area contributed by atoms with E-state index < -0.39 is 21.2 Å². The van der Waals surface area contributed by atoms with Gasteiger partial charge in [0.15, 0.2) is 5.25 Å². The lowest BCUT2D eigenvalue weighted by molar-refractivity contribution is -0.133. The SMILES string of the molecule is Cc1cccc(NS(=O)(=O)c2ccc3c(c2)NC(=O)[C@@H](C(=O)N2CCCCCC2)S3)c1. The molecule has 0 radical (unpaired) electrons. The fourth-order valence-electron chi connectivity index (χ4n) is 3.80.